The predicted octanol–water partition coefficient (Wildman–Crippen LogP) is 2.61. The normalized spacial score (nSPS) is 12.6. The molecule has 0 bridgehead atoms. The van der Waals surface area contributed by atoms with Crippen molar-refractivity contribution in [3.05, 3.63) is 23.3 Å². The third-order valence-electron chi connectivity index (χ3n) is 2.13. The van der Waals surface area contributed by atoms with Crippen molar-refractivity contribution in [1.29, 1.82) is 0 Å². The molecule has 0 atom stereocenters. The lowest BCUT2D eigenvalue weighted by Crippen LogP contribution is -1.94. The van der Waals surface area contributed by atoms with E-state index in [0.717, 1.165) is 17.6 Å². The van der Waals surface area contributed by atoms with Gasteiger partial charge in [-0.1, -0.05) is 17.2 Å². The van der Waals surface area contributed by atoms with Gasteiger partial charge in [0.1, 0.15) is 0 Å². The van der Waals surface area contributed by atoms with E-state index < -0.39 is 11.9 Å². The van der Waals surface area contributed by atoms with E-state index in [-0.39, 0.29) is 6.42 Å². The highest BCUT2D eigenvalue weighted by Crippen LogP contribution is 2.09. The van der Waals surface area contributed by atoms with Gasteiger partial charge < -0.3 is 10.2 Å². The second kappa shape index (κ2) is 7.68. The van der Waals surface area contributed by atoms with Crippen LogP contribution in [0.5, 0.6) is 0 Å². The van der Waals surface area contributed by atoms with Gasteiger partial charge in [0.25, 0.3) is 0 Å². The van der Waals surface area contributed by atoms with E-state index in [2.05, 4.69) is 0 Å². The first kappa shape index (κ1) is 14.4. The molecular weight excluding hydrogens is 208 g/mol. The van der Waals surface area contributed by atoms with Gasteiger partial charge in [0.05, 0.1) is 0 Å². The minimum atomic E-state index is -0.927. The Morgan fingerprint density at radius 1 is 1.00 bits per heavy atom. The summed E-state index contributed by atoms with van der Waals surface area (Å²) < 4.78 is 0. The van der Waals surface area contributed by atoms with Crippen molar-refractivity contribution in [3.8, 4) is 0 Å². The summed E-state index contributed by atoms with van der Waals surface area (Å²) in [5.74, 6) is -1.72. The topological polar surface area (TPSA) is 74.6 Å². The number of carboxylic acid groups (broad SMARTS) is 2. The number of aliphatic carboxylic acids is 2. The zero-order valence-electron chi connectivity index (χ0n) is 9.69. The van der Waals surface area contributed by atoms with E-state index in [4.69, 9.17) is 10.2 Å². The van der Waals surface area contributed by atoms with Crippen LogP contribution in [0.25, 0.3) is 0 Å². The summed E-state index contributed by atoms with van der Waals surface area (Å²) in [5, 5.41) is 17.0. The Kier molecular flexibility index (Phi) is 6.92. The first-order chi connectivity index (χ1) is 7.41. The molecule has 0 spiro atoms. The fourth-order valence-corrected chi connectivity index (χ4v) is 1.24. The van der Waals surface area contributed by atoms with Gasteiger partial charge in [-0.05, 0) is 33.1 Å². The number of allylic oxidation sites excluding steroid dienone is 3. The lowest BCUT2D eigenvalue weighted by molar-refractivity contribution is -0.137. The van der Waals surface area contributed by atoms with Gasteiger partial charge in [-0.3, -0.25) is 4.79 Å². The highest BCUT2D eigenvalue weighted by molar-refractivity contribution is 5.80. The van der Waals surface area contributed by atoms with Gasteiger partial charge in [0, 0.05) is 12.5 Å². The van der Waals surface area contributed by atoms with E-state index >= 15 is 0 Å². The Labute approximate surface area is 95.3 Å². The van der Waals surface area contributed by atoms with E-state index in [1.54, 1.807) is 6.92 Å². The van der Waals surface area contributed by atoms with Crippen LogP contribution in [0, 0.1) is 0 Å². The molecule has 2 N–H and O–H groups in total. The van der Waals surface area contributed by atoms with E-state index in [0.29, 0.717) is 12.8 Å². The highest BCUT2D eigenvalue weighted by Gasteiger charge is 1.98. The largest absolute Gasteiger partial charge is 0.481 e. The lowest BCUT2D eigenvalue weighted by Gasteiger charge is -1.99. The van der Waals surface area contributed by atoms with Crippen molar-refractivity contribution < 1.29 is 19.8 Å². The first-order valence-electron chi connectivity index (χ1n) is 5.19. The summed E-state index contributed by atoms with van der Waals surface area (Å²) in [4.78, 5) is 20.6. The average Bonchev–Trinajstić information content (AvgIpc) is 2.13. The van der Waals surface area contributed by atoms with Crippen LogP contribution in [0.1, 0.15) is 39.5 Å². The average molecular weight is 226 g/mol. The summed E-state index contributed by atoms with van der Waals surface area (Å²) in [6.45, 7) is 3.66. The second-order valence-electron chi connectivity index (χ2n) is 3.81. The van der Waals surface area contributed by atoms with E-state index in [1.807, 2.05) is 13.0 Å². The summed E-state index contributed by atoms with van der Waals surface area (Å²) in [5.41, 5.74) is 1.85. The predicted molar refractivity (Wildman–Crippen MR) is 61.3 cm³/mol. The van der Waals surface area contributed by atoms with Gasteiger partial charge in [0.15, 0.2) is 0 Å². The number of carbonyl (C=O) groups is 2. The third kappa shape index (κ3) is 8.99. The minimum absolute atomic E-state index is 0.145. The zero-order chi connectivity index (χ0) is 12.6. The summed E-state index contributed by atoms with van der Waals surface area (Å²) >= 11 is 0. The van der Waals surface area contributed by atoms with Crippen LogP contribution in [0.4, 0.5) is 0 Å². The molecule has 0 rings (SSSR count). The van der Waals surface area contributed by atoms with Crippen molar-refractivity contribution in [3.63, 3.8) is 0 Å². The molecule has 0 saturated carbocycles. The fourth-order valence-electron chi connectivity index (χ4n) is 1.24. The molecule has 0 aromatic rings. The van der Waals surface area contributed by atoms with Gasteiger partial charge in [-0.15, -0.1) is 0 Å². The molecule has 0 fully saturated rings. The smallest absolute Gasteiger partial charge is 0.328 e. The van der Waals surface area contributed by atoms with Gasteiger partial charge in [-0.2, -0.15) is 0 Å². The molecule has 0 aliphatic carbocycles. The molecule has 0 saturated heterocycles. The maximum Gasteiger partial charge on any atom is 0.328 e. The molecule has 0 unspecified atom stereocenters. The molecular formula is C12H18O4. The monoisotopic (exact) mass is 226 g/mol. The van der Waals surface area contributed by atoms with Gasteiger partial charge in [0.2, 0.25) is 0 Å². The first-order valence-corrected chi connectivity index (χ1v) is 5.19. The Morgan fingerprint density at radius 3 is 2.12 bits per heavy atom. The van der Waals surface area contributed by atoms with E-state index in [9.17, 15) is 9.59 Å². The maximum absolute atomic E-state index is 10.3. The molecule has 0 heterocycles. The van der Waals surface area contributed by atoms with Gasteiger partial charge >= 0.3 is 11.9 Å². The van der Waals surface area contributed by atoms with Crippen LogP contribution < -0.4 is 0 Å². The van der Waals surface area contributed by atoms with Crippen LogP contribution in [-0.4, -0.2) is 22.2 Å². The third-order valence-corrected chi connectivity index (χ3v) is 2.13. The Bertz CT molecular complexity index is 313. The van der Waals surface area contributed by atoms with Crippen molar-refractivity contribution >= 4 is 11.9 Å². The van der Waals surface area contributed by atoms with Crippen molar-refractivity contribution in [2.24, 2.45) is 0 Å². The maximum atomic E-state index is 10.3. The second-order valence-corrected chi connectivity index (χ2v) is 3.81. The summed E-state index contributed by atoms with van der Waals surface area (Å²) in [7, 11) is 0. The number of hydrogen-bond donors (Lipinski definition) is 2. The summed E-state index contributed by atoms with van der Waals surface area (Å²) in [6.07, 6.45) is 5.30. The molecule has 0 aliphatic heterocycles. The summed E-state index contributed by atoms with van der Waals surface area (Å²) in [6, 6.07) is 0. The fraction of sp³-hybridized carbons (Fsp3) is 0.500. The Morgan fingerprint density at radius 2 is 1.62 bits per heavy atom. The number of carboxylic acids is 2. The van der Waals surface area contributed by atoms with Crippen LogP contribution in [0.2, 0.25) is 0 Å². The Hall–Kier alpha value is -1.58. The molecule has 4 nitrogen and oxygen atoms in total. The quantitative estimate of drug-likeness (QED) is 0.517. The number of hydrogen-bond acceptors (Lipinski definition) is 2. The molecule has 4 heteroatoms. The zero-order valence-corrected chi connectivity index (χ0v) is 9.69. The molecule has 0 aromatic carbocycles. The lowest BCUT2D eigenvalue weighted by atomic mass is 10.1. The minimum Gasteiger partial charge on any atom is -0.481 e. The van der Waals surface area contributed by atoms with Crippen LogP contribution in [0.3, 0.4) is 0 Å². The number of rotatable bonds is 7. The highest BCUT2D eigenvalue weighted by atomic mass is 16.4. The van der Waals surface area contributed by atoms with Gasteiger partial charge in [-0.25, -0.2) is 4.79 Å². The van der Waals surface area contributed by atoms with Crippen molar-refractivity contribution in [2.75, 3.05) is 0 Å². The molecule has 0 radical (unpaired) electrons. The van der Waals surface area contributed by atoms with E-state index in [1.165, 1.54) is 6.08 Å². The SMILES string of the molecule is C/C(=C\C(=O)O)CC/C=C(\C)CCC(=O)O. The Balaban J connectivity index is 3.90. The van der Waals surface area contributed by atoms with Crippen molar-refractivity contribution in [1.82, 2.24) is 0 Å². The molecule has 16 heavy (non-hydrogen) atoms. The van der Waals surface area contributed by atoms with Crippen molar-refractivity contribution in [2.45, 2.75) is 39.5 Å². The van der Waals surface area contributed by atoms with Crippen LogP contribution in [-0.2, 0) is 9.59 Å². The molecule has 0 aromatic heterocycles. The molecule has 0 amide bonds. The standard InChI is InChI=1S/C12H18O4/c1-9(6-7-11(13)14)4-3-5-10(2)8-12(15)16/h4,8H,3,5-7H2,1-2H3,(H,13,14)(H,15,16)/b9-4+,10-8+. The van der Waals surface area contributed by atoms with Crippen LogP contribution in [0.15, 0.2) is 23.3 Å². The molecule has 90 valence electrons. The molecule has 0 aliphatic rings. The van der Waals surface area contributed by atoms with Crippen LogP contribution >= 0.6 is 0 Å².